The molecule has 0 spiro atoms. The number of hydrogen-bond donors (Lipinski definition) is 1. The quantitative estimate of drug-likeness (QED) is 0.677. The molecule has 0 radical (unpaired) electrons. The first-order chi connectivity index (χ1) is 6.67. The van der Waals surface area contributed by atoms with E-state index in [1.165, 1.54) is 18.6 Å². The first-order valence-electron chi connectivity index (χ1n) is 5.58. The minimum absolute atomic E-state index is 0.663. The molecule has 3 heteroatoms. The molecule has 0 rings (SSSR count). The topological polar surface area (TPSA) is 29.3 Å². The van der Waals surface area contributed by atoms with Gasteiger partial charge in [0.15, 0.2) is 0 Å². The predicted octanol–water partition coefficient (Wildman–Crippen LogP) is 2.19. The van der Waals surface area contributed by atoms with Gasteiger partial charge in [0, 0.05) is 17.8 Å². The highest BCUT2D eigenvalue weighted by Gasteiger charge is 2.16. The number of thioether (sulfide) groups is 1. The maximum Gasteiger partial charge on any atom is 0.0183 e. The van der Waals surface area contributed by atoms with Gasteiger partial charge >= 0.3 is 0 Å². The Kier molecular flexibility index (Phi) is 8.73. The molecular weight excluding hydrogens is 192 g/mol. The van der Waals surface area contributed by atoms with E-state index in [4.69, 9.17) is 5.73 Å². The molecule has 0 saturated carbocycles. The summed E-state index contributed by atoms with van der Waals surface area (Å²) in [6.07, 6.45) is 5.78. The SMILES string of the molecule is CCC(CSC)N(C)C(C)CCCN. The maximum atomic E-state index is 5.52. The van der Waals surface area contributed by atoms with Crippen molar-refractivity contribution in [2.75, 3.05) is 25.6 Å². The molecule has 86 valence electrons. The molecule has 14 heavy (non-hydrogen) atoms. The summed E-state index contributed by atoms with van der Waals surface area (Å²) in [5, 5.41) is 0. The highest BCUT2D eigenvalue weighted by molar-refractivity contribution is 7.98. The van der Waals surface area contributed by atoms with Crippen molar-refractivity contribution in [3.05, 3.63) is 0 Å². The highest BCUT2D eigenvalue weighted by atomic mass is 32.2. The van der Waals surface area contributed by atoms with E-state index in [-0.39, 0.29) is 0 Å². The molecule has 0 saturated heterocycles. The second-order valence-corrected chi connectivity index (χ2v) is 4.87. The summed E-state index contributed by atoms with van der Waals surface area (Å²) < 4.78 is 0. The van der Waals surface area contributed by atoms with Crippen LogP contribution in [0.4, 0.5) is 0 Å². The molecule has 0 aromatic carbocycles. The molecule has 2 unspecified atom stereocenters. The summed E-state index contributed by atoms with van der Waals surface area (Å²) in [5.41, 5.74) is 5.52. The van der Waals surface area contributed by atoms with Crippen LogP contribution < -0.4 is 5.73 Å². The molecule has 0 aliphatic rings. The van der Waals surface area contributed by atoms with Crippen LogP contribution in [0.25, 0.3) is 0 Å². The molecule has 0 amide bonds. The Bertz CT molecular complexity index is 130. The predicted molar refractivity (Wildman–Crippen MR) is 68.0 cm³/mol. The van der Waals surface area contributed by atoms with Crippen LogP contribution in [0.1, 0.15) is 33.1 Å². The molecule has 2 nitrogen and oxygen atoms in total. The summed E-state index contributed by atoms with van der Waals surface area (Å²) >= 11 is 1.94. The van der Waals surface area contributed by atoms with Crippen molar-refractivity contribution in [2.24, 2.45) is 5.73 Å². The fourth-order valence-electron chi connectivity index (χ4n) is 1.69. The lowest BCUT2D eigenvalue weighted by Crippen LogP contribution is -2.40. The van der Waals surface area contributed by atoms with Gasteiger partial charge in [-0.3, -0.25) is 4.90 Å². The van der Waals surface area contributed by atoms with Gasteiger partial charge in [0.05, 0.1) is 0 Å². The van der Waals surface area contributed by atoms with Crippen LogP contribution in [0.2, 0.25) is 0 Å². The van der Waals surface area contributed by atoms with Crippen LogP contribution in [-0.2, 0) is 0 Å². The van der Waals surface area contributed by atoms with Crippen molar-refractivity contribution in [2.45, 2.75) is 45.2 Å². The number of nitrogens with two attached hydrogens (primary N) is 1. The molecule has 0 bridgehead atoms. The summed E-state index contributed by atoms with van der Waals surface area (Å²) in [6, 6.07) is 1.38. The minimum atomic E-state index is 0.663. The fourth-order valence-corrected chi connectivity index (χ4v) is 2.55. The Labute approximate surface area is 93.6 Å². The van der Waals surface area contributed by atoms with Crippen molar-refractivity contribution in [3.8, 4) is 0 Å². The number of rotatable bonds is 8. The van der Waals surface area contributed by atoms with Gasteiger partial charge < -0.3 is 5.73 Å². The van der Waals surface area contributed by atoms with Gasteiger partial charge in [0.25, 0.3) is 0 Å². The lowest BCUT2D eigenvalue weighted by molar-refractivity contribution is 0.185. The van der Waals surface area contributed by atoms with Crippen molar-refractivity contribution in [1.29, 1.82) is 0 Å². The average molecular weight is 218 g/mol. The zero-order chi connectivity index (χ0) is 11.0. The monoisotopic (exact) mass is 218 g/mol. The van der Waals surface area contributed by atoms with Crippen LogP contribution in [0.5, 0.6) is 0 Å². The van der Waals surface area contributed by atoms with Gasteiger partial charge in [-0.2, -0.15) is 11.8 Å². The lowest BCUT2D eigenvalue weighted by atomic mass is 10.1. The molecule has 2 atom stereocenters. The lowest BCUT2D eigenvalue weighted by Gasteiger charge is -2.32. The van der Waals surface area contributed by atoms with Crippen molar-refractivity contribution >= 4 is 11.8 Å². The summed E-state index contributed by atoms with van der Waals surface area (Å²) in [7, 11) is 2.24. The van der Waals surface area contributed by atoms with E-state index in [1.807, 2.05) is 11.8 Å². The minimum Gasteiger partial charge on any atom is -0.330 e. The highest BCUT2D eigenvalue weighted by Crippen LogP contribution is 2.13. The van der Waals surface area contributed by atoms with Crippen molar-refractivity contribution in [3.63, 3.8) is 0 Å². The molecule has 0 aromatic heterocycles. The fraction of sp³-hybridized carbons (Fsp3) is 1.00. The second-order valence-electron chi connectivity index (χ2n) is 3.96. The second kappa shape index (κ2) is 8.57. The smallest absolute Gasteiger partial charge is 0.0183 e. The van der Waals surface area contributed by atoms with Crippen LogP contribution in [0, 0.1) is 0 Å². The first-order valence-corrected chi connectivity index (χ1v) is 6.97. The third-order valence-corrected chi connectivity index (χ3v) is 3.65. The molecule has 0 heterocycles. The molecular formula is C11H26N2S. The van der Waals surface area contributed by atoms with Crippen LogP contribution >= 0.6 is 11.8 Å². The molecule has 0 aliphatic heterocycles. The molecule has 0 fully saturated rings. The van der Waals surface area contributed by atoms with Gasteiger partial charge in [0.1, 0.15) is 0 Å². The zero-order valence-electron chi connectivity index (χ0n) is 10.1. The van der Waals surface area contributed by atoms with Gasteiger partial charge in [-0.05, 0) is 46.0 Å². The van der Waals surface area contributed by atoms with E-state index < -0.39 is 0 Å². The first kappa shape index (κ1) is 14.3. The Morgan fingerprint density at radius 3 is 2.50 bits per heavy atom. The van der Waals surface area contributed by atoms with Gasteiger partial charge in [-0.1, -0.05) is 6.92 Å². The number of nitrogens with zero attached hydrogens (tertiary/aromatic N) is 1. The van der Waals surface area contributed by atoms with E-state index >= 15 is 0 Å². The average Bonchev–Trinajstić information content (AvgIpc) is 2.21. The largest absolute Gasteiger partial charge is 0.330 e. The van der Waals surface area contributed by atoms with Gasteiger partial charge in [-0.15, -0.1) is 0 Å². The van der Waals surface area contributed by atoms with E-state index in [1.54, 1.807) is 0 Å². The van der Waals surface area contributed by atoms with E-state index in [2.05, 4.69) is 32.1 Å². The van der Waals surface area contributed by atoms with Gasteiger partial charge in [0.2, 0.25) is 0 Å². The molecule has 0 aliphatic carbocycles. The third-order valence-electron chi connectivity index (χ3n) is 2.93. The number of hydrogen-bond acceptors (Lipinski definition) is 3. The zero-order valence-corrected chi connectivity index (χ0v) is 10.9. The van der Waals surface area contributed by atoms with Crippen LogP contribution in [0.3, 0.4) is 0 Å². The van der Waals surface area contributed by atoms with Crippen LogP contribution in [0.15, 0.2) is 0 Å². The van der Waals surface area contributed by atoms with E-state index in [9.17, 15) is 0 Å². The maximum absolute atomic E-state index is 5.52. The summed E-state index contributed by atoms with van der Waals surface area (Å²) in [6.45, 7) is 5.39. The van der Waals surface area contributed by atoms with E-state index in [0.29, 0.717) is 6.04 Å². The normalized spacial score (nSPS) is 15.9. The Morgan fingerprint density at radius 2 is 2.07 bits per heavy atom. The molecule has 2 N–H and O–H groups in total. The van der Waals surface area contributed by atoms with E-state index in [0.717, 1.165) is 19.0 Å². The standard InChI is InChI=1S/C11H26N2S/c1-5-11(9-14-4)13(3)10(2)7-6-8-12/h10-11H,5-9,12H2,1-4H3. The Balaban J connectivity index is 3.91. The van der Waals surface area contributed by atoms with Crippen molar-refractivity contribution < 1.29 is 0 Å². The van der Waals surface area contributed by atoms with Crippen molar-refractivity contribution in [1.82, 2.24) is 4.90 Å². The summed E-state index contributed by atoms with van der Waals surface area (Å²) in [5.74, 6) is 1.24. The van der Waals surface area contributed by atoms with Crippen LogP contribution in [-0.4, -0.2) is 42.6 Å². The Morgan fingerprint density at radius 1 is 1.43 bits per heavy atom. The van der Waals surface area contributed by atoms with Gasteiger partial charge in [-0.25, -0.2) is 0 Å². The molecule has 0 aromatic rings. The summed E-state index contributed by atoms with van der Waals surface area (Å²) in [4.78, 5) is 2.51. The third kappa shape index (κ3) is 5.23. The Hall–Kier alpha value is 0.270.